The zero-order valence-electron chi connectivity index (χ0n) is 11.9. The van der Waals surface area contributed by atoms with Gasteiger partial charge in [0.25, 0.3) is 10.1 Å². The molecule has 0 bridgehead atoms. The molecule has 0 aromatic heterocycles. The molecular weight excluding hydrogens is 272 g/mol. The Bertz CT molecular complexity index is 718. The SMILES string of the molecule is CCCc1ccc2c(CCC)ccc(S(=O)(=O)O)c2c1. The van der Waals surface area contributed by atoms with Gasteiger partial charge in [-0.25, -0.2) is 0 Å². The summed E-state index contributed by atoms with van der Waals surface area (Å²) in [6.45, 7) is 4.18. The van der Waals surface area contributed by atoms with Crippen molar-refractivity contribution in [2.24, 2.45) is 0 Å². The number of rotatable bonds is 5. The molecule has 0 saturated carbocycles. The fourth-order valence-corrected chi connectivity index (χ4v) is 3.27. The van der Waals surface area contributed by atoms with Gasteiger partial charge in [0.15, 0.2) is 0 Å². The molecule has 0 atom stereocenters. The van der Waals surface area contributed by atoms with Crippen LogP contribution in [-0.4, -0.2) is 13.0 Å². The van der Waals surface area contributed by atoms with Crippen LogP contribution in [0, 0.1) is 0 Å². The highest BCUT2D eigenvalue weighted by atomic mass is 32.2. The van der Waals surface area contributed by atoms with Gasteiger partial charge in [0, 0.05) is 5.39 Å². The van der Waals surface area contributed by atoms with Gasteiger partial charge >= 0.3 is 0 Å². The van der Waals surface area contributed by atoms with Crippen LogP contribution in [0.5, 0.6) is 0 Å². The first kappa shape index (κ1) is 15.0. The van der Waals surface area contributed by atoms with Crippen LogP contribution >= 0.6 is 0 Å². The minimum atomic E-state index is -4.19. The third-order valence-electron chi connectivity index (χ3n) is 3.47. The Kier molecular flexibility index (Phi) is 4.45. The Morgan fingerprint density at radius 2 is 1.65 bits per heavy atom. The molecule has 1 N–H and O–H groups in total. The molecule has 2 aromatic carbocycles. The molecule has 0 heterocycles. The van der Waals surface area contributed by atoms with E-state index in [0.717, 1.165) is 42.2 Å². The van der Waals surface area contributed by atoms with Crippen molar-refractivity contribution in [1.29, 1.82) is 0 Å². The van der Waals surface area contributed by atoms with Crippen molar-refractivity contribution in [1.82, 2.24) is 0 Å². The van der Waals surface area contributed by atoms with Crippen molar-refractivity contribution in [3.63, 3.8) is 0 Å². The molecule has 0 saturated heterocycles. The standard InChI is InChI=1S/C16H20O3S/c1-3-5-12-7-9-14-13(6-4-2)8-10-16(15(14)11-12)20(17,18)19/h7-11H,3-6H2,1-2H3,(H,17,18,19). The van der Waals surface area contributed by atoms with Gasteiger partial charge in [0.2, 0.25) is 0 Å². The summed E-state index contributed by atoms with van der Waals surface area (Å²) in [5.41, 5.74) is 2.22. The smallest absolute Gasteiger partial charge is 0.282 e. The molecule has 0 fully saturated rings. The molecule has 0 radical (unpaired) electrons. The van der Waals surface area contributed by atoms with Crippen LogP contribution in [0.15, 0.2) is 35.2 Å². The fraction of sp³-hybridized carbons (Fsp3) is 0.375. The molecule has 0 aliphatic rings. The molecule has 0 amide bonds. The number of benzene rings is 2. The Morgan fingerprint density at radius 3 is 2.25 bits per heavy atom. The summed E-state index contributed by atoms with van der Waals surface area (Å²) in [7, 11) is -4.19. The van der Waals surface area contributed by atoms with Crippen LogP contribution in [0.4, 0.5) is 0 Å². The normalized spacial score (nSPS) is 11.9. The molecule has 0 unspecified atom stereocenters. The molecule has 4 heteroatoms. The second-order valence-corrected chi connectivity index (χ2v) is 6.47. The van der Waals surface area contributed by atoms with E-state index in [-0.39, 0.29) is 4.90 Å². The lowest BCUT2D eigenvalue weighted by molar-refractivity contribution is 0.484. The largest absolute Gasteiger partial charge is 0.295 e. The predicted molar refractivity (Wildman–Crippen MR) is 81.8 cm³/mol. The van der Waals surface area contributed by atoms with Gasteiger partial charge in [-0.2, -0.15) is 8.42 Å². The van der Waals surface area contributed by atoms with E-state index in [9.17, 15) is 13.0 Å². The third-order valence-corrected chi connectivity index (χ3v) is 4.38. The maximum atomic E-state index is 11.5. The lowest BCUT2D eigenvalue weighted by Gasteiger charge is -2.11. The first-order chi connectivity index (χ1) is 9.47. The van der Waals surface area contributed by atoms with Crippen molar-refractivity contribution in [2.45, 2.75) is 44.4 Å². The zero-order chi connectivity index (χ0) is 14.8. The van der Waals surface area contributed by atoms with Crippen LogP contribution < -0.4 is 0 Å². The van der Waals surface area contributed by atoms with Crippen molar-refractivity contribution in [3.05, 3.63) is 41.5 Å². The minimum absolute atomic E-state index is 0.00491. The van der Waals surface area contributed by atoms with E-state index in [0.29, 0.717) is 5.39 Å². The molecule has 3 nitrogen and oxygen atoms in total. The molecule has 2 rings (SSSR count). The first-order valence-corrected chi connectivity index (χ1v) is 8.43. The monoisotopic (exact) mass is 292 g/mol. The van der Waals surface area contributed by atoms with Gasteiger partial charge in [-0.05, 0) is 41.5 Å². The summed E-state index contributed by atoms with van der Waals surface area (Å²) in [6.07, 6.45) is 3.80. The molecule has 0 spiro atoms. The second kappa shape index (κ2) is 5.94. The summed E-state index contributed by atoms with van der Waals surface area (Å²) < 4.78 is 32.5. The Morgan fingerprint density at radius 1 is 0.950 bits per heavy atom. The molecule has 0 aliphatic heterocycles. The van der Waals surface area contributed by atoms with E-state index in [2.05, 4.69) is 13.8 Å². The molecule has 20 heavy (non-hydrogen) atoms. The topological polar surface area (TPSA) is 54.4 Å². The van der Waals surface area contributed by atoms with Crippen LogP contribution in [0.1, 0.15) is 37.8 Å². The van der Waals surface area contributed by atoms with Crippen LogP contribution in [0.25, 0.3) is 10.8 Å². The summed E-state index contributed by atoms with van der Waals surface area (Å²) in [5.74, 6) is 0. The Labute approximate surface area is 120 Å². The molecular formula is C16H20O3S. The maximum Gasteiger partial charge on any atom is 0.295 e. The van der Waals surface area contributed by atoms with E-state index < -0.39 is 10.1 Å². The second-order valence-electron chi connectivity index (χ2n) is 5.08. The highest BCUT2D eigenvalue weighted by Crippen LogP contribution is 2.28. The van der Waals surface area contributed by atoms with Crippen molar-refractivity contribution in [3.8, 4) is 0 Å². The van der Waals surface area contributed by atoms with E-state index in [4.69, 9.17) is 0 Å². The third kappa shape index (κ3) is 3.02. The molecule has 108 valence electrons. The van der Waals surface area contributed by atoms with Crippen molar-refractivity contribution in [2.75, 3.05) is 0 Å². The van der Waals surface area contributed by atoms with Gasteiger partial charge in [0.1, 0.15) is 4.90 Å². The van der Waals surface area contributed by atoms with Gasteiger partial charge in [-0.3, -0.25) is 4.55 Å². The van der Waals surface area contributed by atoms with E-state index in [1.807, 2.05) is 18.2 Å². The van der Waals surface area contributed by atoms with Crippen LogP contribution in [-0.2, 0) is 23.0 Å². The van der Waals surface area contributed by atoms with Gasteiger partial charge in [0.05, 0.1) is 0 Å². The molecule has 0 aliphatic carbocycles. The van der Waals surface area contributed by atoms with Crippen molar-refractivity contribution >= 4 is 20.9 Å². The average molecular weight is 292 g/mol. The Balaban J connectivity index is 2.75. The Hall–Kier alpha value is -1.39. The van der Waals surface area contributed by atoms with Crippen LogP contribution in [0.3, 0.4) is 0 Å². The van der Waals surface area contributed by atoms with Crippen molar-refractivity contribution < 1.29 is 13.0 Å². The number of hydrogen-bond acceptors (Lipinski definition) is 2. The summed E-state index contributed by atoms with van der Waals surface area (Å²) >= 11 is 0. The summed E-state index contributed by atoms with van der Waals surface area (Å²) in [4.78, 5) is 0.00491. The van der Waals surface area contributed by atoms with Gasteiger partial charge < -0.3 is 0 Å². The average Bonchev–Trinajstić information content (AvgIpc) is 2.38. The zero-order valence-corrected chi connectivity index (χ0v) is 12.7. The van der Waals surface area contributed by atoms with E-state index in [1.165, 1.54) is 6.07 Å². The lowest BCUT2D eigenvalue weighted by atomic mass is 9.98. The summed E-state index contributed by atoms with van der Waals surface area (Å²) in [6, 6.07) is 9.21. The van der Waals surface area contributed by atoms with Gasteiger partial charge in [-0.15, -0.1) is 0 Å². The predicted octanol–water partition coefficient (Wildman–Crippen LogP) is 3.99. The van der Waals surface area contributed by atoms with E-state index >= 15 is 0 Å². The fourth-order valence-electron chi connectivity index (χ4n) is 2.59. The molecule has 2 aromatic rings. The minimum Gasteiger partial charge on any atom is -0.282 e. The first-order valence-electron chi connectivity index (χ1n) is 6.99. The number of aryl methyl sites for hydroxylation is 2. The number of hydrogen-bond donors (Lipinski definition) is 1. The van der Waals surface area contributed by atoms with E-state index in [1.54, 1.807) is 6.07 Å². The lowest BCUT2D eigenvalue weighted by Crippen LogP contribution is -2.01. The number of fused-ring (bicyclic) bond motifs is 1. The quantitative estimate of drug-likeness (QED) is 0.848. The summed E-state index contributed by atoms with van der Waals surface area (Å²) in [5, 5.41) is 1.55. The maximum absolute atomic E-state index is 11.5. The van der Waals surface area contributed by atoms with Gasteiger partial charge in [-0.1, -0.05) is 44.9 Å². The van der Waals surface area contributed by atoms with Crippen LogP contribution in [0.2, 0.25) is 0 Å². The highest BCUT2D eigenvalue weighted by Gasteiger charge is 2.16. The highest BCUT2D eigenvalue weighted by molar-refractivity contribution is 7.86.